The Balaban J connectivity index is 1.93. The molecule has 7 heteroatoms. The first kappa shape index (κ1) is 21.2. The minimum Gasteiger partial charge on any atom is -0.507 e. The third kappa shape index (κ3) is 3.73. The Bertz CT molecular complexity index is 1180. The molecule has 2 heterocycles. The van der Waals surface area contributed by atoms with Crippen molar-refractivity contribution in [1.82, 2.24) is 4.90 Å². The van der Waals surface area contributed by atoms with E-state index in [4.69, 9.17) is 13.9 Å². The van der Waals surface area contributed by atoms with E-state index in [9.17, 15) is 14.7 Å². The number of benzene rings is 2. The van der Waals surface area contributed by atoms with Gasteiger partial charge in [-0.05, 0) is 37.3 Å². The highest BCUT2D eigenvalue weighted by atomic mass is 16.5. The fourth-order valence-electron chi connectivity index (χ4n) is 3.86. The lowest BCUT2D eigenvalue weighted by molar-refractivity contribution is -0.140. The Kier molecular flexibility index (Phi) is 5.73. The van der Waals surface area contributed by atoms with Gasteiger partial charge in [0.05, 0.1) is 38.6 Å². The largest absolute Gasteiger partial charge is 0.507 e. The highest BCUT2D eigenvalue weighted by Crippen LogP contribution is 2.44. The molecule has 7 nitrogen and oxygen atoms in total. The van der Waals surface area contributed by atoms with Crippen LogP contribution >= 0.6 is 0 Å². The number of methoxy groups -OCH3 is 2. The summed E-state index contributed by atoms with van der Waals surface area (Å²) in [6.07, 6.45) is 1.50. The molecule has 2 aromatic carbocycles. The van der Waals surface area contributed by atoms with Gasteiger partial charge >= 0.3 is 0 Å². The number of rotatable bonds is 6. The molecule has 0 radical (unpaired) electrons. The average molecular weight is 433 g/mol. The maximum atomic E-state index is 13.2. The predicted octanol–water partition coefficient (Wildman–Crippen LogP) is 4.23. The number of carbonyl (C=O) groups excluding carboxylic acids is 2. The minimum atomic E-state index is -0.897. The van der Waals surface area contributed by atoms with Gasteiger partial charge in [-0.25, -0.2) is 0 Å². The van der Waals surface area contributed by atoms with Crippen molar-refractivity contribution in [2.75, 3.05) is 14.2 Å². The smallest absolute Gasteiger partial charge is 0.296 e. The molecule has 1 aliphatic heterocycles. The summed E-state index contributed by atoms with van der Waals surface area (Å²) in [5, 5.41) is 11.1. The molecule has 1 N–H and O–H groups in total. The van der Waals surface area contributed by atoms with E-state index in [0.29, 0.717) is 28.4 Å². The van der Waals surface area contributed by atoms with Gasteiger partial charge in [-0.2, -0.15) is 0 Å². The number of hydrogen-bond donors (Lipinski definition) is 1. The minimum absolute atomic E-state index is 0.0167. The van der Waals surface area contributed by atoms with Crippen molar-refractivity contribution in [3.05, 3.63) is 88.9 Å². The Morgan fingerprint density at radius 1 is 1.06 bits per heavy atom. The second-order valence-corrected chi connectivity index (χ2v) is 7.48. The zero-order chi connectivity index (χ0) is 22.8. The molecule has 1 unspecified atom stereocenters. The number of aryl methyl sites for hydroxylation is 1. The second-order valence-electron chi connectivity index (χ2n) is 7.48. The van der Waals surface area contributed by atoms with Crippen molar-refractivity contribution in [2.24, 2.45) is 0 Å². The number of amides is 1. The first-order valence-electron chi connectivity index (χ1n) is 10.0. The molecule has 0 aliphatic carbocycles. The summed E-state index contributed by atoms with van der Waals surface area (Å²) in [6, 6.07) is 14.7. The molecule has 1 amide bonds. The van der Waals surface area contributed by atoms with E-state index in [2.05, 4.69) is 0 Å². The van der Waals surface area contributed by atoms with E-state index in [-0.39, 0.29) is 17.9 Å². The van der Waals surface area contributed by atoms with Crippen LogP contribution in [0.3, 0.4) is 0 Å². The topological polar surface area (TPSA) is 89.2 Å². The van der Waals surface area contributed by atoms with Crippen LogP contribution in [-0.2, 0) is 16.1 Å². The Morgan fingerprint density at radius 2 is 1.81 bits per heavy atom. The van der Waals surface area contributed by atoms with E-state index in [1.54, 1.807) is 42.5 Å². The SMILES string of the molecule is COc1ccc(OC)c(C2/C(=C(\O)c3ccc(C)cc3)C(=O)C(=O)N2Cc2ccco2)c1. The quantitative estimate of drug-likeness (QED) is 0.356. The molecule has 3 aromatic rings. The van der Waals surface area contributed by atoms with E-state index in [0.717, 1.165) is 5.56 Å². The summed E-state index contributed by atoms with van der Waals surface area (Å²) in [7, 11) is 3.03. The molecule has 1 aliphatic rings. The molecule has 1 atom stereocenters. The van der Waals surface area contributed by atoms with Gasteiger partial charge in [-0.3, -0.25) is 9.59 Å². The van der Waals surface area contributed by atoms with E-state index in [1.807, 2.05) is 19.1 Å². The van der Waals surface area contributed by atoms with Crippen LogP contribution in [0.2, 0.25) is 0 Å². The lowest BCUT2D eigenvalue weighted by Gasteiger charge is -2.26. The first-order valence-corrected chi connectivity index (χ1v) is 10.0. The number of Topliss-reactive ketones (excluding diaryl/α,β-unsaturated/α-hetero) is 1. The molecule has 0 spiro atoms. The average Bonchev–Trinajstić information content (AvgIpc) is 3.41. The maximum absolute atomic E-state index is 13.2. The number of nitrogens with zero attached hydrogens (tertiary/aromatic N) is 1. The van der Waals surface area contributed by atoms with Crippen molar-refractivity contribution in [1.29, 1.82) is 0 Å². The molecule has 1 aromatic heterocycles. The number of furan rings is 1. The van der Waals surface area contributed by atoms with E-state index in [1.165, 1.54) is 25.4 Å². The van der Waals surface area contributed by atoms with E-state index < -0.39 is 17.7 Å². The number of carbonyl (C=O) groups is 2. The Hall–Kier alpha value is -4.00. The normalized spacial score (nSPS) is 17.6. The molecule has 1 saturated heterocycles. The highest BCUT2D eigenvalue weighted by Gasteiger charge is 2.47. The number of ketones is 1. The number of ether oxygens (including phenoxy) is 2. The molecular weight excluding hydrogens is 410 g/mol. The van der Waals surface area contributed by atoms with Crippen LogP contribution in [0.15, 0.2) is 70.9 Å². The fraction of sp³-hybridized carbons (Fsp3) is 0.200. The van der Waals surface area contributed by atoms with Gasteiger partial charge in [0.1, 0.15) is 23.0 Å². The molecule has 32 heavy (non-hydrogen) atoms. The fourth-order valence-corrected chi connectivity index (χ4v) is 3.86. The van der Waals surface area contributed by atoms with Crippen LogP contribution in [-0.4, -0.2) is 35.9 Å². The van der Waals surface area contributed by atoms with Crippen LogP contribution in [0.1, 0.15) is 28.5 Å². The van der Waals surface area contributed by atoms with Crippen molar-refractivity contribution < 1.29 is 28.6 Å². The van der Waals surface area contributed by atoms with Crippen molar-refractivity contribution in [3.8, 4) is 11.5 Å². The molecule has 1 fully saturated rings. The highest BCUT2D eigenvalue weighted by molar-refractivity contribution is 6.46. The van der Waals surface area contributed by atoms with Crippen LogP contribution in [0.4, 0.5) is 0 Å². The lowest BCUT2D eigenvalue weighted by atomic mass is 9.94. The summed E-state index contributed by atoms with van der Waals surface area (Å²) in [4.78, 5) is 27.6. The molecule has 0 bridgehead atoms. The number of aliphatic hydroxyl groups excluding tert-OH is 1. The maximum Gasteiger partial charge on any atom is 0.296 e. The number of aliphatic hydroxyl groups is 1. The first-order chi connectivity index (χ1) is 15.4. The van der Waals surface area contributed by atoms with Gasteiger partial charge in [-0.15, -0.1) is 0 Å². The van der Waals surface area contributed by atoms with Crippen LogP contribution < -0.4 is 9.47 Å². The predicted molar refractivity (Wildman–Crippen MR) is 117 cm³/mol. The zero-order valence-corrected chi connectivity index (χ0v) is 18.0. The third-order valence-electron chi connectivity index (χ3n) is 5.50. The van der Waals surface area contributed by atoms with Crippen molar-refractivity contribution >= 4 is 17.4 Å². The monoisotopic (exact) mass is 433 g/mol. The Morgan fingerprint density at radius 3 is 2.44 bits per heavy atom. The lowest BCUT2D eigenvalue weighted by Crippen LogP contribution is -2.29. The summed E-state index contributed by atoms with van der Waals surface area (Å²) >= 11 is 0. The molecule has 164 valence electrons. The third-order valence-corrected chi connectivity index (χ3v) is 5.50. The van der Waals surface area contributed by atoms with Crippen LogP contribution in [0.5, 0.6) is 11.5 Å². The summed E-state index contributed by atoms with van der Waals surface area (Å²) < 4.78 is 16.3. The van der Waals surface area contributed by atoms with Gasteiger partial charge in [0.2, 0.25) is 0 Å². The van der Waals surface area contributed by atoms with Gasteiger partial charge in [0.15, 0.2) is 0 Å². The standard InChI is InChI=1S/C25H23NO6/c1-15-6-8-16(9-7-15)23(27)21-22(19-13-17(30-2)10-11-20(19)31-3)26(25(29)24(21)28)14-18-5-4-12-32-18/h4-13,22,27H,14H2,1-3H3/b23-21+. The van der Waals surface area contributed by atoms with E-state index >= 15 is 0 Å². The molecule has 4 rings (SSSR count). The molecular formula is C25H23NO6. The molecule has 0 saturated carbocycles. The van der Waals surface area contributed by atoms with Crippen molar-refractivity contribution in [3.63, 3.8) is 0 Å². The van der Waals surface area contributed by atoms with Crippen molar-refractivity contribution in [2.45, 2.75) is 19.5 Å². The Labute approximate surface area is 185 Å². The summed E-state index contributed by atoms with van der Waals surface area (Å²) in [5.41, 5.74) is 1.95. The van der Waals surface area contributed by atoms with Gasteiger partial charge in [0.25, 0.3) is 11.7 Å². The number of likely N-dealkylation sites (tertiary alicyclic amines) is 1. The van der Waals surface area contributed by atoms with Gasteiger partial charge in [-0.1, -0.05) is 29.8 Å². The summed E-state index contributed by atoms with van der Waals surface area (Å²) in [6.45, 7) is 1.97. The van der Waals surface area contributed by atoms with Crippen LogP contribution in [0.25, 0.3) is 5.76 Å². The number of hydrogen-bond acceptors (Lipinski definition) is 6. The van der Waals surface area contributed by atoms with Gasteiger partial charge < -0.3 is 23.9 Å². The zero-order valence-electron chi connectivity index (χ0n) is 18.0. The second kappa shape index (κ2) is 8.63. The van der Waals surface area contributed by atoms with Gasteiger partial charge in [0, 0.05) is 11.1 Å². The van der Waals surface area contributed by atoms with Crippen LogP contribution in [0, 0.1) is 6.92 Å². The summed E-state index contributed by atoms with van der Waals surface area (Å²) in [5.74, 6) is -0.264.